The third-order valence-electron chi connectivity index (χ3n) is 2.50. The predicted octanol–water partition coefficient (Wildman–Crippen LogP) is 3.09. The van der Waals surface area contributed by atoms with Crippen molar-refractivity contribution in [3.8, 4) is 5.75 Å². The average molecular weight is 234 g/mol. The van der Waals surface area contributed by atoms with Crippen LogP contribution in [0.4, 0.5) is 0 Å². The zero-order valence-corrected chi connectivity index (χ0v) is 10.7. The van der Waals surface area contributed by atoms with Crippen molar-refractivity contribution in [3.63, 3.8) is 0 Å². The van der Waals surface area contributed by atoms with E-state index in [1.54, 1.807) is 7.11 Å². The number of rotatable bonds is 3. The highest BCUT2D eigenvalue weighted by Crippen LogP contribution is 2.29. The molecule has 0 aliphatic carbocycles. The highest BCUT2D eigenvalue weighted by molar-refractivity contribution is 5.85. The summed E-state index contributed by atoms with van der Waals surface area (Å²) in [7, 11) is 1.58. The molecule has 0 saturated heterocycles. The molecule has 0 bridgehead atoms. The summed E-state index contributed by atoms with van der Waals surface area (Å²) in [5, 5.41) is 8.59. The van der Waals surface area contributed by atoms with E-state index in [1.807, 2.05) is 18.2 Å². The van der Waals surface area contributed by atoms with Crippen LogP contribution >= 0.6 is 0 Å². The minimum Gasteiger partial charge on any atom is -0.496 e. The molecule has 0 aliphatic rings. The van der Waals surface area contributed by atoms with E-state index >= 15 is 0 Å². The summed E-state index contributed by atoms with van der Waals surface area (Å²) in [6.07, 6.45) is 2.64. The Morgan fingerprint density at radius 3 is 2.47 bits per heavy atom. The van der Waals surface area contributed by atoms with Crippen molar-refractivity contribution in [2.45, 2.75) is 26.2 Å². The van der Waals surface area contributed by atoms with Crippen LogP contribution in [0, 0.1) is 0 Å². The second-order valence-electron chi connectivity index (χ2n) is 4.88. The fraction of sp³-hybridized carbons (Fsp3) is 0.357. The Morgan fingerprint density at radius 2 is 2.00 bits per heavy atom. The number of hydrogen-bond donors (Lipinski definition) is 1. The van der Waals surface area contributed by atoms with Crippen molar-refractivity contribution >= 4 is 12.0 Å². The zero-order valence-electron chi connectivity index (χ0n) is 10.7. The van der Waals surface area contributed by atoms with Gasteiger partial charge in [-0.2, -0.15) is 0 Å². The van der Waals surface area contributed by atoms with Gasteiger partial charge in [0.15, 0.2) is 0 Å². The number of carbonyl (C=O) groups is 1. The fourth-order valence-electron chi connectivity index (χ4n) is 1.48. The Kier molecular flexibility index (Phi) is 3.94. The fourth-order valence-corrected chi connectivity index (χ4v) is 1.48. The van der Waals surface area contributed by atoms with Gasteiger partial charge in [-0.05, 0) is 23.1 Å². The molecule has 0 saturated carbocycles. The van der Waals surface area contributed by atoms with Crippen LogP contribution in [0.5, 0.6) is 5.75 Å². The Morgan fingerprint density at radius 1 is 1.35 bits per heavy atom. The lowest BCUT2D eigenvalue weighted by Crippen LogP contribution is -2.11. The van der Waals surface area contributed by atoms with E-state index in [-0.39, 0.29) is 5.41 Å². The van der Waals surface area contributed by atoms with Crippen LogP contribution in [0.2, 0.25) is 0 Å². The van der Waals surface area contributed by atoms with Gasteiger partial charge in [-0.15, -0.1) is 0 Å². The number of carboxylic acids is 1. The van der Waals surface area contributed by atoms with Crippen molar-refractivity contribution in [2.75, 3.05) is 7.11 Å². The second-order valence-corrected chi connectivity index (χ2v) is 4.88. The predicted molar refractivity (Wildman–Crippen MR) is 68.4 cm³/mol. The topological polar surface area (TPSA) is 46.5 Å². The van der Waals surface area contributed by atoms with E-state index in [0.717, 1.165) is 17.2 Å². The van der Waals surface area contributed by atoms with Crippen LogP contribution < -0.4 is 4.74 Å². The first-order valence-electron chi connectivity index (χ1n) is 5.44. The average Bonchev–Trinajstić information content (AvgIpc) is 2.24. The number of carboxylic acid groups (broad SMARTS) is 1. The zero-order chi connectivity index (χ0) is 13.1. The summed E-state index contributed by atoms with van der Waals surface area (Å²) in [6, 6.07) is 5.81. The highest BCUT2D eigenvalue weighted by atomic mass is 16.5. The van der Waals surface area contributed by atoms with Gasteiger partial charge < -0.3 is 9.84 Å². The van der Waals surface area contributed by atoms with Crippen molar-refractivity contribution in [1.82, 2.24) is 0 Å². The van der Waals surface area contributed by atoms with Crippen molar-refractivity contribution in [2.24, 2.45) is 0 Å². The van der Waals surface area contributed by atoms with Crippen molar-refractivity contribution in [1.29, 1.82) is 0 Å². The third kappa shape index (κ3) is 3.63. The standard InChI is InChI=1S/C14H18O3/c1-14(2,3)11-7-5-10(6-8-13(15)16)12(9-11)17-4/h5-9H,1-4H3,(H,15,16). The van der Waals surface area contributed by atoms with Crippen LogP contribution in [0.1, 0.15) is 31.9 Å². The van der Waals surface area contributed by atoms with Gasteiger partial charge in [0.25, 0.3) is 0 Å². The quantitative estimate of drug-likeness (QED) is 0.817. The SMILES string of the molecule is COc1cc(C(C)(C)C)ccc1C=CC(=O)O. The van der Waals surface area contributed by atoms with Gasteiger partial charge in [0.1, 0.15) is 5.75 Å². The lowest BCUT2D eigenvalue weighted by atomic mass is 9.86. The summed E-state index contributed by atoms with van der Waals surface area (Å²) >= 11 is 0. The van der Waals surface area contributed by atoms with Gasteiger partial charge in [-0.25, -0.2) is 4.79 Å². The van der Waals surface area contributed by atoms with E-state index in [0.29, 0.717) is 5.75 Å². The lowest BCUT2D eigenvalue weighted by molar-refractivity contribution is -0.131. The van der Waals surface area contributed by atoms with Gasteiger partial charge in [-0.3, -0.25) is 0 Å². The minimum absolute atomic E-state index is 0.0440. The molecule has 3 nitrogen and oxygen atoms in total. The van der Waals surface area contributed by atoms with Crippen LogP contribution in [0.3, 0.4) is 0 Å². The molecule has 0 aliphatic heterocycles. The molecular weight excluding hydrogens is 216 g/mol. The molecule has 17 heavy (non-hydrogen) atoms. The smallest absolute Gasteiger partial charge is 0.328 e. The Hall–Kier alpha value is -1.77. The number of hydrogen-bond acceptors (Lipinski definition) is 2. The summed E-state index contributed by atoms with van der Waals surface area (Å²) in [5.74, 6) is -0.276. The molecule has 0 radical (unpaired) electrons. The van der Waals surface area contributed by atoms with Gasteiger partial charge in [0, 0.05) is 11.6 Å². The summed E-state index contributed by atoms with van der Waals surface area (Å²) in [5.41, 5.74) is 1.97. The monoisotopic (exact) mass is 234 g/mol. The number of aliphatic carboxylic acids is 1. The van der Waals surface area contributed by atoms with E-state index in [4.69, 9.17) is 9.84 Å². The molecule has 3 heteroatoms. The van der Waals surface area contributed by atoms with Crippen molar-refractivity contribution < 1.29 is 14.6 Å². The number of ether oxygens (including phenoxy) is 1. The summed E-state index contributed by atoms with van der Waals surface area (Å²) in [6.45, 7) is 6.36. The second kappa shape index (κ2) is 5.04. The van der Waals surface area contributed by atoms with E-state index in [2.05, 4.69) is 20.8 Å². The van der Waals surface area contributed by atoms with E-state index in [1.165, 1.54) is 6.08 Å². The normalized spacial score (nSPS) is 11.8. The van der Waals surface area contributed by atoms with Gasteiger partial charge in [-0.1, -0.05) is 32.9 Å². The molecule has 0 amide bonds. The summed E-state index contributed by atoms with van der Waals surface area (Å²) < 4.78 is 5.27. The first-order valence-corrected chi connectivity index (χ1v) is 5.44. The molecule has 0 heterocycles. The van der Waals surface area contributed by atoms with Crippen LogP contribution in [0.15, 0.2) is 24.3 Å². The van der Waals surface area contributed by atoms with E-state index < -0.39 is 5.97 Å². The largest absolute Gasteiger partial charge is 0.496 e. The minimum atomic E-state index is -0.966. The van der Waals surface area contributed by atoms with E-state index in [9.17, 15) is 4.79 Å². The molecule has 1 rings (SSSR count). The van der Waals surface area contributed by atoms with Gasteiger partial charge in [0.05, 0.1) is 7.11 Å². The Balaban J connectivity index is 3.14. The maximum atomic E-state index is 10.5. The Bertz CT molecular complexity index is 439. The molecule has 0 unspecified atom stereocenters. The van der Waals surface area contributed by atoms with Crippen molar-refractivity contribution in [3.05, 3.63) is 35.4 Å². The van der Waals surface area contributed by atoms with Crippen LogP contribution in [0.25, 0.3) is 6.08 Å². The maximum Gasteiger partial charge on any atom is 0.328 e. The molecule has 0 aromatic heterocycles. The molecule has 92 valence electrons. The molecule has 0 atom stereocenters. The Labute approximate surface area is 102 Å². The summed E-state index contributed by atoms with van der Waals surface area (Å²) in [4.78, 5) is 10.5. The number of benzene rings is 1. The number of methoxy groups -OCH3 is 1. The highest BCUT2D eigenvalue weighted by Gasteiger charge is 2.15. The molecule has 0 fully saturated rings. The molecule has 1 aromatic carbocycles. The van der Waals surface area contributed by atoms with Crippen LogP contribution in [-0.4, -0.2) is 18.2 Å². The molecular formula is C14H18O3. The first kappa shape index (κ1) is 13.3. The molecule has 1 aromatic rings. The van der Waals surface area contributed by atoms with Crippen LogP contribution in [-0.2, 0) is 10.2 Å². The molecule has 1 N–H and O–H groups in total. The maximum absolute atomic E-state index is 10.5. The third-order valence-corrected chi connectivity index (χ3v) is 2.50. The lowest BCUT2D eigenvalue weighted by Gasteiger charge is -2.20. The first-order chi connectivity index (χ1) is 7.84. The van der Waals surface area contributed by atoms with Gasteiger partial charge >= 0.3 is 5.97 Å². The molecule has 0 spiro atoms. The van der Waals surface area contributed by atoms with Gasteiger partial charge in [0.2, 0.25) is 0 Å².